The molecule has 3 rings (SSSR count). The molecule has 2 aromatic carbocycles. The first-order valence-electron chi connectivity index (χ1n) is 8.28. The standard InChI is InChI=1S/C19H19N3O3/c20-12-14-8-9-17(18(11-14)22(23)24)21-13-16-7-4-10-25-19(16)15-5-2-1-3-6-15/h1-3,5-6,8-9,11,16,19,21H,4,7,10,13H2. The van der Waals surface area contributed by atoms with E-state index in [9.17, 15) is 10.1 Å². The summed E-state index contributed by atoms with van der Waals surface area (Å²) in [7, 11) is 0. The number of nitro benzene ring substituents is 1. The fourth-order valence-electron chi connectivity index (χ4n) is 3.21. The van der Waals surface area contributed by atoms with Crippen molar-refractivity contribution in [2.45, 2.75) is 18.9 Å². The van der Waals surface area contributed by atoms with Crippen molar-refractivity contribution in [3.8, 4) is 6.07 Å². The second kappa shape index (κ2) is 7.77. The molecule has 6 nitrogen and oxygen atoms in total. The molecule has 0 amide bonds. The van der Waals surface area contributed by atoms with Crippen molar-refractivity contribution in [3.05, 3.63) is 69.8 Å². The minimum Gasteiger partial charge on any atom is -0.379 e. The van der Waals surface area contributed by atoms with Gasteiger partial charge in [-0.3, -0.25) is 10.1 Å². The Hall–Kier alpha value is -2.91. The van der Waals surface area contributed by atoms with Gasteiger partial charge in [-0.2, -0.15) is 5.26 Å². The number of nitrogens with one attached hydrogen (secondary N) is 1. The summed E-state index contributed by atoms with van der Waals surface area (Å²) in [5, 5.41) is 23.4. The molecule has 0 spiro atoms. The zero-order chi connectivity index (χ0) is 17.6. The molecule has 0 bridgehead atoms. The predicted molar refractivity (Wildman–Crippen MR) is 94.2 cm³/mol. The normalized spacial score (nSPS) is 19.8. The Morgan fingerprint density at radius 1 is 1.28 bits per heavy atom. The molecule has 0 aliphatic carbocycles. The average Bonchev–Trinajstić information content (AvgIpc) is 2.67. The number of hydrogen-bond donors (Lipinski definition) is 1. The van der Waals surface area contributed by atoms with Gasteiger partial charge in [0.15, 0.2) is 0 Å². The van der Waals surface area contributed by atoms with E-state index >= 15 is 0 Å². The van der Waals surface area contributed by atoms with Crippen molar-refractivity contribution in [2.75, 3.05) is 18.5 Å². The predicted octanol–water partition coefficient (Wildman–Crippen LogP) is 4.05. The van der Waals surface area contributed by atoms with Gasteiger partial charge in [0.05, 0.1) is 22.7 Å². The summed E-state index contributed by atoms with van der Waals surface area (Å²) >= 11 is 0. The monoisotopic (exact) mass is 337 g/mol. The average molecular weight is 337 g/mol. The maximum atomic E-state index is 11.3. The van der Waals surface area contributed by atoms with Gasteiger partial charge in [0.25, 0.3) is 5.69 Å². The number of anilines is 1. The molecule has 0 radical (unpaired) electrons. The number of hydrogen-bond acceptors (Lipinski definition) is 5. The molecule has 0 aromatic heterocycles. The maximum absolute atomic E-state index is 11.3. The Labute approximate surface area is 146 Å². The molecule has 1 aliphatic rings. The number of nitriles is 1. The van der Waals surface area contributed by atoms with Crippen LogP contribution in [-0.2, 0) is 4.74 Å². The number of benzene rings is 2. The van der Waals surface area contributed by atoms with Crippen molar-refractivity contribution >= 4 is 11.4 Å². The van der Waals surface area contributed by atoms with Gasteiger partial charge in [-0.1, -0.05) is 30.3 Å². The quantitative estimate of drug-likeness (QED) is 0.657. The summed E-state index contributed by atoms with van der Waals surface area (Å²) < 4.78 is 5.96. The molecule has 1 saturated heterocycles. The number of nitro groups is 1. The van der Waals surface area contributed by atoms with E-state index in [0.717, 1.165) is 25.0 Å². The molecule has 1 fully saturated rings. The lowest BCUT2D eigenvalue weighted by atomic mass is 9.89. The molecule has 1 N–H and O–H groups in total. The van der Waals surface area contributed by atoms with Crippen LogP contribution in [-0.4, -0.2) is 18.1 Å². The van der Waals surface area contributed by atoms with E-state index in [1.165, 1.54) is 6.07 Å². The Bertz CT molecular complexity index is 786. The molecular formula is C19H19N3O3. The maximum Gasteiger partial charge on any atom is 0.293 e. The van der Waals surface area contributed by atoms with Crippen molar-refractivity contribution in [3.63, 3.8) is 0 Å². The van der Waals surface area contributed by atoms with E-state index in [2.05, 4.69) is 5.32 Å². The summed E-state index contributed by atoms with van der Waals surface area (Å²) in [6, 6.07) is 16.5. The molecule has 2 unspecified atom stereocenters. The van der Waals surface area contributed by atoms with E-state index in [-0.39, 0.29) is 23.3 Å². The van der Waals surface area contributed by atoms with Crippen LogP contribution in [0.4, 0.5) is 11.4 Å². The Balaban J connectivity index is 1.76. The van der Waals surface area contributed by atoms with Crippen molar-refractivity contribution < 1.29 is 9.66 Å². The summed E-state index contributed by atoms with van der Waals surface area (Å²) in [4.78, 5) is 10.8. The van der Waals surface area contributed by atoms with Gasteiger partial charge in [0.2, 0.25) is 0 Å². The first kappa shape index (κ1) is 16.9. The van der Waals surface area contributed by atoms with E-state index in [1.54, 1.807) is 12.1 Å². The van der Waals surface area contributed by atoms with Crippen LogP contribution in [0.2, 0.25) is 0 Å². The minimum atomic E-state index is -0.463. The highest BCUT2D eigenvalue weighted by Crippen LogP contribution is 2.34. The van der Waals surface area contributed by atoms with Gasteiger partial charge in [-0.05, 0) is 30.5 Å². The van der Waals surface area contributed by atoms with Crippen LogP contribution in [0, 0.1) is 27.4 Å². The van der Waals surface area contributed by atoms with Crippen molar-refractivity contribution in [1.82, 2.24) is 0 Å². The number of nitrogens with zero attached hydrogens (tertiary/aromatic N) is 2. The summed E-state index contributed by atoms with van der Waals surface area (Å²) in [6.07, 6.45) is 1.96. The Morgan fingerprint density at radius 2 is 2.08 bits per heavy atom. The van der Waals surface area contributed by atoms with Gasteiger partial charge in [0.1, 0.15) is 5.69 Å². The smallest absolute Gasteiger partial charge is 0.293 e. The van der Waals surface area contributed by atoms with E-state index in [0.29, 0.717) is 12.2 Å². The summed E-state index contributed by atoms with van der Waals surface area (Å²) in [5.41, 5.74) is 1.76. The molecule has 1 aliphatic heterocycles. The van der Waals surface area contributed by atoms with E-state index < -0.39 is 4.92 Å². The molecule has 2 aromatic rings. The SMILES string of the molecule is N#Cc1ccc(NCC2CCCOC2c2ccccc2)c([N+](=O)[O-])c1. The lowest BCUT2D eigenvalue weighted by Gasteiger charge is -2.32. The Kier molecular flexibility index (Phi) is 5.26. The first-order valence-corrected chi connectivity index (χ1v) is 8.28. The third-order valence-corrected chi connectivity index (χ3v) is 4.45. The van der Waals surface area contributed by atoms with Crippen LogP contribution < -0.4 is 5.32 Å². The van der Waals surface area contributed by atoms with E-state index in [4.69, 9.17) is 10.00 Å². The fourth-order valence-corrected chi connectivity index (χ4v) is 3.21. The van der Waals surface area contributed by atoms with Gasteiger partial charge < -0.3 is 10.1 Å². The summed E-state index contributed by atoms with van der Waals surface area (Å²) in [6.45, 7) is 1.30. The van der Waals surface area contributed by atoms with E-state index in [1.807, 2.05) is 36.4 Å². The highest BCUT2D eigenvalue weighted by molar-refractivity contribution is 5.64. The van der Waals surface area contributed by atoms with Crippen molar-refractivity contribution in [2.24, 2.45) is 5.92 Å². The topological polar surface area (TPSA) is 88.2 Å². The highest BCUT2D eigenvalue weighted by atomic mass is 16.6. The van der Waals surface area contributed by atoms with Crippen LogP contribution >= 0.6 is 0 Å². The van der Waals surface area contributed by atoms with Crippen LogP contribution in [0.25, 0.3) is 0 Å². The molecule has 2 atom stereocenters. The molecule has 6 heteroatoms. The number of rotatable bonds is 5. The third-order valence-electron chi connectivity index (χ3n) is 4.45. The zero-order valence-corrected chi connectivity index (χ0v) is 13.7. The van der Waals surface area contributed by atoms with Gasteiger partial charge in [-0.15, -0.1) is 0 Å². The molecule has 25 heavy (non-hydrogen) atoms. The molecule has 1 heterocycles. The van der Waals surface area contributed by atoms with Crippen LogP contribution in [0.5, 0.6) is 0 Å². The fraction of sp³-hybridized carbons (Fsp3) is 0.316. The van der Waals surface area contributed by atoms with Gasteiger partial charge in [0, 0.05) is 25.1 Å². The van der Waals surface area contributed by atoms with Gasteiger partial charge >= 0.3 is 0 Å². The van der Waals surface area contributed by atoms with Gasteiger partial charge in [-0.25, -0.2) is 0 Å². The Morgan fingerprint density at radius 3 is 2.80 bits per heavy atom. The zero-order valence-electron chi connectivity index (χ0n) is 13.7. The first-order chi connectivity index (χ1) is 12.2. The molecular weight excluding hydrogens is 318 g/mol. The lowest BCUT2D eigenvalue weighted by molar-refractivity contribution is -0.384. The van der Waals surface area contributed by atoms with Crippen LogP contribution in [0.1, 0.15) is 30.1 Å². The van der Waals surface area contributed by atoms with Crippen LogP contribution in [0.15, 0.2) is 48.5 Å². The second-order valence-corrected chi connectivity index (χ2v) is 6.09. The largest absolute Gasteiger partial charge is 0.379 e. The lowest BCUT2D eigenvalue weighted by Crippen LogP contribution is -2.28. The van der Waals surface area contributed by atoms with Crippen LogP contribution in [0.3, 0.4) is 0 Å². The second-order valence-electron chi connectivity index (χ2n) is 6.09. The minimum absolute atomic E-state index is 0.0140. The highest BCUT2D eigenvalue weighted by Gasteiger charge is 2.28. The van der Waals surface area contributed by atoms with Crippen molar-refractivity contribution in [1.29, 1.82) is 5.26 Å². The third kappa shape index (κ3) is 3.95. The summed E-state index contributed by atoms with van der Waals surface area (Å²) in [5.74, 6) is 0.228. The molecule has 128 valence electrons. The number of ether oxygens (including phenoxy) is 1. The molecule has 0 saturated carbocycles.